The molecule has 14 heavy (non-hydrogen) atoms. The molecule has 1 aromatic carbocycles. The van der Waals surface area contributed by atoms with E-state index in [1.807, 2.05) is 24.3 Å². The smallest absolute Gasteiger partial charge is 0.267 e. The summed E-state index contributed by atoms with van der Waals surface area (Å²) >= 11 is 0. The van der Waals surface area contributed by atoms with Gasteiger partial charge in [-0.1, -0.05) is 25.5 Å². The molecule has 1 aromatic rings. The van der Waals surface area contributed by atoms with Crippen molar-refractivity contribution in [3.63, 3.8) is 0 Å². The average molecular weight is 192 g/mol. The van der Waals surface area contributed by atoms with Crippen molar-refractivity contribution in [1.82, 2.24) is 5.01 Å². The van der Waals surface area contributed by atoms with E-state index in [1.54, 1.807) is 7.05 Å². The van der Waals surface area contributed by atoms with Gasteiger partial charge in [-0.05, 0) is 24.1 Å². The summed E-state index contributed by atoms with van der Waals surface area (Å²) in [5.74, 6) is 5.19. The van der Waals surface area contributed by atoms with Crippen molar-refractivity contribution >= 4 is 5.91 Å². The summed E-state index contributed by atoms with van der Waals surface area (Å²) < 4.78 is 0. The molecule has 2 N–H and O–H groups in total. The van der Waals surface area contributed by atoms with Gasteiger partial charge in [0, 0.05) is 12.6 Å². The number of hydrogen-bond acceptors (Lipinski definition) is 2. The lowest BCUT2D eigenvalue weighted by Crippen LogP contribution is -2.33. The van der Waals surface area contributed by atoms with E-state index < -0.39 is 0 Å². The second-order valence-electron chi connectivity index (χ2n) is 3.36. The highest BCUT2D eigenvalue weighted by atomic mass is 16.2. The second-order valence-corrected chi connectivity index (χ2v) is 3.36. The second kappa shape index (κ2) is 4.77. The Morgan fingerprint density at radius 1 is 1.36 bits per heavy atom. The van der Waals surface area contributed by atoms with Crippen LogP contribution in [0.3, 0.4) is 0 Å². The third-order valence-electron chi connectivity index (χ3n) is 2.06. The van der Waals surface area contributed by atoms with E-state index in [1.165, 1.54) is 5.56 Å². The SMILES string of the molecule is CCCc1ccc(C(=O)N(C)N)cc1. The van der Waals surface area contributed by atoms with Gasteiger partial charge in [0.25, 0.3) is 5.91 Å². The molecule has 0 atom stereocenters. The Morgan fingerprint density at radius 3 is 2.36 bits per heavy atom. The molecule has 0 spiro atoms. The molecule has 0 aliphatic carbocycles. The Hall–Kier alpha value is -1.35. The molecule has 1 amide bonds. The minimum Gasteiger partial charge on any atom is -0.280 e. The first kappa shape index (κ1) is 10.7. The van der Waals surface area contributed by atoms with Crippen LogP contribution >= 0.6 is 0 Å². The fraction of sp³-hybridized carbons (Fsp3) is 0.364. The normalized spacial score (nSPS) is 9.93. The van der Waals surface area contributed by atoms with Gasteiger partial charge >= 0.3 is 0 Å². The van der Waals surface area contributed by atoms with Gasteiger partial charge in [0.1, 0.15) is 0 Å². The summed E-state index contributed by atoms with van der Waals surface area (Å²) in [5.41, 5.74) is 1.89. The number of amides is 1. The number of rotatable bonds is 3. The van der Waals surface area contributed by atoms with Crippen LogP contribution in [0.5, 0.6) is 0 Å². The Morgan fingerprint density at radius 2 is 1.93 bits per heavy atom. The Balaban J connectivity index is 2.78. The van der Waals surface area contributed by atoms with Crippen LogP contribution in [0.15, 0.2) is 24.3 Å². The molecule has 0 aromatic heterocycles. The molecule has 0 fully saturated rings. The topological polar surface area (TPSA) is 46.3 Å². The fourth-order valence-electron chi connectivity index (χ4n) is 1.31. The van der Waals surface area contributed by atoms with Gasteiger partial charge in [0.15, 0.2) is 0 Å². The lowest BCUT2D eigenvalue weighted by molar-refractivity contribution is 0.0795. The highest BCUT2D eigenvalue weighted by molar-refractivity contribution is 5.93. The summed E-state index contributed by atoms with van der Waals surface area (Å²) in [7, 11) is 1.54. The van der Waals surface area contributed by atoms with Crippen molar-refractivity contribution in [3.05, 3.63) is 35.4 Å². The van der Waals surface area contributed by atoms with E-state index in [4.69, 9.17) is 5.84 Å². The van der Waals surface area contributed by atoms with Crippen LogP contribution in [0.25, 0.3) is 0 Å². The van der Waals surface area contributed by atoms with Gasteiger partial charge in [0.2, 0.25) is 0 Å². The van der Waals surface area contributed by atoms with Crippen molar-refractivity contribution < 1.29 is 4.79 Å². The Kier molecular flexibility index (Phi) is 3.65. The van der Waals surface area contributed by atoms with Gasteiger partial charge in [-0.25, -0.2) is 5.84 Å². The van der Waals surface area contributed by atoms with Crippen LogP contribution in [0.2, 0.25) is 0 Å². The average Bonchev–Trinajstić information content (AvgIpc) is 2.18. The number of nitrogens with zero attached hydrogens (tertiary/aromatic N) is 1. The number of aryl methyl sites for hydroxylation is 1. The maximum absolute atomic E-state index is 11.4. The Labute approximate surface area is 84.5 Å². The molecular weight excluding hydrogens is 176 g/mol. The minimum atomic E-state index is -0.159. The molecular formula is C11H16N2O. The van der Waals surface area contributed by atoms with Crippen molar-refractivity contribution in [2.75, 3.05) is 7.05 Å². The number of carbonyl (C=O) groups excluding carboxylic acids is 1. The zero-order chi connectivity index (χ0) is 10.6. The zero-order valence-electron chi connectivity index (χ0n) is 8.66. The molecule has 76 valence electrons. The maximum atomic E-state index is 11.4. The fourth-order valence-corrected chi connectivity index (χ4v) is 1.31. The standard InChI is InChI=1S/C11H16N2O/c1-3-4-9-5-7-10(8-6-9)11(14)13(2)12/h5-8H,3-4,12H2,1-2H3. The predicted molar refractivity (Wildman–Crippen MR) is 56.7 cm³/mol. The van der Waals surface area contributed by atoms with Crippen LogP contribution < -0.4 is 5.84 Å². The molecule has 0 radical (unpaired) electrons. The van der Waals surface area contributed by atoms with E-state index in [-0.39, 0.29) is 5.91 Å². The molecule has 1 rings (SSSR count). The summed E-state index contributed by atoms with van der Waals surface area (Å²) in [5, 5.41) is 1.09. The molecule has 0 aliphatic heterocycles. The lowest BCUT2D eigenvalue weighted by Gasteiger charge is -2.09. The number of hydrogen-bond donors (Lipinski definition) is 1. The van der Waals surface area contributed by atoms with E-state index in [0.29, 0.717) is 5.56 Å². The van der Waals surface area contributed by atoms with Gasteiger partial charge in [0.05, 0.1) is 0 Å². The zero-order valence-corrected chi connectivity index (χ0v) is 8.66. The van der Waals surface area contributed by atoms with Crippen LogP contribution in [-0.2, 0) is 6.42 Å². The molecule has 0 aliphatic rings. The van der Waals surface area contributed by atoms with Gasteiger partial charge < -0.3 is 0 Å². The highest BCUT2D eigenvalue weighted by Gasteiger charge is 2.06. The number of hydrazine groups is 1. The van der Waals surface area contributed by atoms with E-state index in [0.717, 1.165) is 17.9 Å². The van der Waals surface area contributed by atoms with E-state index in [2.05, 4.69) is 6.92 Å². The third-order valence-corrected chi connectivity index (χ3v) is 2.06. The summed E-state index contributed by atoms with van der Waals surface area (Å²) in [4.78, 5) is 11.4. The molecule has 3 nitrogen and oxygen atoms in total. The molecule has 0 heterocycles. The molecule has 3 heteroatoms. The van der Waals surface area contributed by atoms with Crippen molar-refractivity contribution in [3.8, 4) is 0 Å². The first-order valence-corrected chi connectivity index (χ1v) is 4.77. The van der Waals surface area contributed by atoms with Crippen LogP contribution in [-0.4, -0.2) is 18.0 Å². The summed E-state index contributed by atoms with van der Waals surface area (Å²) in [6, 6.07) is 7.58. The number of benzene rings is 1. The summed E-state index contributed by atoms with van der Waals surface area (Å²) in [6.45, 7) is 2.13. The largest absolute Gasteiger partial charge is 0.280 e. The number of carbonyl (C=O) groups is 1. The van der Waals surface area contributed by atoms with Crippen LogP contribution in [0.1, 0.15) is 29.3 Å². The first-order valence-electron chi connectivity index (χ1n) is 4.77. The van der Waals surface area contributed by atoms with E-state index in [9.17, 15) is 4.79 Å². The maximum Gasteiger partial charge on any atom is 0.267 e. The van der Waals surface area contributed by atoms with Gasteiger partial charge in [-0.2, -0.15) is 0 Å². The van der Waals surface area contributed by atoms with Crippen molar-refractivity contribution in [2.24, 2.45) is 5.84 Å². The third kappa shape index (κ3) is 2.57. The van der Waals surface area contributed by atoms with Gasteiger partial charge in [-0.15, -0.1) is 0 Å². The minimum absolute atomic E-state index is 0.159. The van der Waals surface area contributed by atoms with Crippen LogP contribution in [0, 0.1) is 0 Å². The quantitative estimate of drug-likeness (QED) is 0.449. The van der Waals surface area contributed by atoms with Crippen LogP contribution in [0.4, 0.5) is 0 Å². The molecule has 0 saturated heterocycles. The summed E-state index contributed by atoms with van der Waals surface area (Å²) in [6.07, 6.45) is 2.16. The molecule has 0 unspecified atom stereocenters. The molecule has 0 saturated carbocycles. The monoisotopic (exact) mass is 192 g/mol. The number of nitrogens with two attached hydrogens (primary N) is 1. The lowest BCUT2D eigenvalue weighted by atomic mass is 10.1. The van der Waals surface area contributed by atoms with E-state index >= 15 is 0 Å². The highest BCUT2D eigenvalue weighted by Crippen LogP contribution is 2.07. The Bertz CT molecular complexity index is 304. The first-order chi connectivity index (χ1) is 6.65. The molecule has 0 bridgehead atoms. The van der Waals surface area contributed by atoms with Crippen molar-refractivity contribution in [1.29, 1.82) is 0 Å². The predicted octanol–water partition coefficient (Wildman–Crippen LogP) is 1.58. The van der Waals surface area contributed by atoms with Crippen molar-refractivity contribution in [2.45, 2.75) is 19.8 Å². The van der Waals surface area contributed by atoms with Gasteiger partial charge in [-0.3, -0.25) is 9.80 Å².